The summed E-state index contributed by atoms with van der Waals surface area (Å²) < 4.78 is 32.7. The van der Waals surface area contributed by atoms with Crippen molar-refractivity contribution >= 4 is 27.6 Å². The summed E-state index contributed by atoms with van der Waals surface area (Å²) in [7, 11) is 1.19. The maximum absolute atomic E-state index is 13.9. The minimum Gasteiger partial charge on any atom is -0.467 e. The summed E-state index contributed by atoms with van der Waals surface area (Å²) in [6.45, 7) is 0. The average molecular weight is 356 g/mol. The van der Waals surface area contributed by atoms with Crippen molar-refractivity contribution in [3.05, 3.63) is 64.1 Å². The lowest BCUT2D eigenvalue weighted by Crippen LogP contribution is -2.23. The van der Waals surface area contributed by atoms with Crippen LogP contribution in [-0.4, -0.2) is 13.1 Å². The first-order valence-corrected chi connectivity index (χ1v) is 6.86. The number of rotatable bonds is 4. The summed E-state index contributed by atoms with van der Waals surface area (Å²) in [6.07, 6.45) is 0. The van der Waals surface area contributed by atoms with Gasteiger partial charge in [0.15, 0.2) is 17.7 Å². The number of hydrogen-bond acceptors (Lipinski definition) is 3. The molecule has 0 saturated heterocycles. The van der Waals surface area contributed by atoms with Crippen LogP contribution < -0.4 is 5.32 Å². The Bertz CT molecular complexity index is 647. The molecule has 0 bridgehead atoms. The zero-order valence-corrected chi connectivity index (χ0v) is 12.7. The van der Waals surface area contributed by atoms with Crippen LogP contribution in [0.1, 0.15) is 11.6 Å². The Morgan fingerprint density at radius 3 is 2.48 bits per heavy atom. The number of anilines is 1. The standard InChI is InChI=1S/C15H12BrF2NO2/c1-21-15(20)14(11-3-2-4-12(17)13(11)18)19-10-7-5-9(16)6-8-10/h2-8,14,19H,1H3. The highest BCUT2D eigenvalue weighted by atomic mass is 79.9. The topological polar surface area (TPSA) is 38.3 Å². The maximum Gasteiger partial charge on any atom is 0.333 e. The Balaban J connectivity index is 2.37. The third kappa shape index (κ3) is 3.58. The van der Waals surface area contributed by atoms with Crippen LogP contribution in [0.3, 0.4) is 0 Å². The van der Waals surface area contributed by atoms with Crippen LogP contribution in [0, 0.1) is 11.6 Å². The molecule has 0 saturated carbocycles. The molecule has 2 aromatic carbocycles. The van der Waals surface area contributed by atoms with Crippen LogP contribution in [-0.2, 0) is 9.53 Å². The molecule has 21 heavy (non-hydrogen) atoms. The highest BCUT2D eigenvalue weighted by molar-refractivity contribution is 9.10. The second-order valence-corrected chi connectivity index (χ2v) is 5.17. The van der Waals surface area contributed by atoms with Crippen molar-refractivity contribution in [2.45, 2.75) is 6.04 Å². The molecule has 6 heteroatoms. The Morgan fingerprint density at radius 1 is 1.19 bits per heavy atom. The SMILES string of the molecule is COC(=O)C(Nc1ccc(Br)cc1)c1cccc(F)c1F. The molecule has 1 atom stereocenters. The number of halogens is 3. The van der Waals surface area contributed by atoms with Gasteiger partial charge in [-0.15, -0.1) is 0 Å². The summed E-state index contributed by atoms with van der Waals surface area (Å²) in [5, 5.41) is 2.84. The number of ether oxygens (including phenoxy) is 1. The van der Waals surface area contributed by atoms with E-state index < -0.39 is 23.6 Å². The predicted molar refractivity (Wildman–Crippen MR) is 78.9 cm³/mol. The fraction of sp³-hybridized carbons (Fsp3) is 0.133. The van der Waals surface area contributed by atoms with Crippen LogP contribution in [0.4, 0.5) is 14.5 Å². The highest BCUT2D eigenvalue weighted by Gasteiger charge is 2.25. The van der Waals surface area contributed by atoms with Gasteiger partial charge in [0.05, 0.1) is 7.11 Å². The van der Waals surface area contributed by atoms with Crippen molar-refractivity contribution in [3.8, 4) is 0 Å². The van der Waals surface area contributed by atoms with E-state index in [1.165, 1.54) is 19.2 Å². The highest BCUT2D eigenvalue weighted by Crippen LogP contribution is 2.25. The fourth-order valence-electron chi connectivity index (χ4n) is 1.84. The van der Waals surface area contributed by atoms with Crippen molar-refractivity contribution < 1.29 is 18.3 Å². The average Bonchev–Trinajstić information content (AvgIpc) is 2.49. The van der Waals surface area contributed by atoms with E-state index in [4.69, 9.17) is 0 Å². The van der Waals surface area contributed by atoms with E-state index in [1.807, 2.05) is 0 Å². The van der Waals surface area contributed by atoms with Crippen LogP contribution >= 0.6 is 15.9 Å². The minimum atomic E-state index is -1.13. The Kier molecular flexibility index (Phi) is 4.90. The van der Waals surface area contributed by atoms with E-state index >= 15 is 0 Å². The van der Waals surface area contributed by atoms with E-state index in [0.29, 0.717) is 5.69 Å². The van der Waals surface area contributed by atoms with Gasteiger partial charge in [-0.25, -0.2) is 13.6 Å². The first-order valence-electron chi connectivity index (χ1n) is 6.06. The molecule has 0 spiro atoms. The van der Waals surface area contributed by atoms with Gasteiger partial charge in [0.25, 0.3) is 0 Å². The van der Waals surface area contributed by atoms with Gasteiger partial charge in [0.2, 0.25) is 0 Å². The zero-order valence-electron chi connectivity index (χ0n) is 11.1. The smallest absolute Gasteiger partial charge is 0.333 e. The quantitative estimate of drug-likeness (QED) is 0.840. The lowest BCUT2D eigenvalue weighted by Gasteiger charge is -2.18. The van der Waals surface area contributed by atoms with Crippen LogP contribution in [0.15, 0.2) is 46.9 Å². The minimum absolute atomic E-state index is 0.107. The van der Waals surface area contributed by atoms with Crippen LogP contribution in [0.25, 0.3) is 0 Å². The fourth-order valence-corrected chi connectivity index (χ4v) is 2.10. The van der Waals surface area contributed by atoms with E-state index in [-0.39, 0.29) is 5.56 Å². The van der Waals surface area contributed by atoms with Gasteiger partial charge >= 0.3 is 5.97 Å². The molecular weight excluding hydrogens is 344 g/mol. The van der Waals surface area contributed by atoms with Crippen molar-refractivity contribution in [1.29, 1.82) is 0 Å². The number of hydrogen-bond donors (Lipinski definition) is 1. The molecule has 0 radical (unpaired) electrons. The number of esters is 1. The normalized spacial score (nSPS) is 11.8. The molecule has 0 heterocycles. The number of carbonyl (C=O) groups excluding carboxylic acids is 1. The van der Waals surface area contributed by atoms with Gasteiger partial charge in [-0.3, -0.25) is 0 Å². The molecule has 2 aromatic rings. The van der Waals surface area contributed by atoms with Gasteiger partial charge < -0.3 is 10.1 Å². The van der Waals surface area contributed by atoms with Gasteiger partial charge in [-0.1, -0.05) is 28.1 Å². The summed E-state index contributed by atoms with van der Waals surface area (Å²) in [5.74, 6) is -2.79. The Labute approximate surface area is 129 Å². The van der Waals surface area contributed by atoms with Crippen LogP contribution in [0.5, 0.6) is 0 Å². The molecule has 2 rings (SSSR count). The first kappa shape index (κ1) is 15.4. The van der Waals surface area contributed by atoms with Gasteiger partial charge in [-0.2, -0.15) is 0 Å². The monoisotopic (exact) mass is 355 g/mol. The zero-order chi connectivity index (χ0) is 15.4. The molecule has 1 N–H and O–H groups in total. The van der Waals surface area contributed by atoms with E-state index in [1.54, 1.807) is 24.3 Å². The van der Waals surface area contributed by atoms with E-state index in [0.717, 1.165) is 10.5 Å². The van der Waals surface area contributed by atoms with Crippen LogP contribution in [0.2, 0.25) is 0 Å². The van der Waals surface area contributed by atoms with Crippen molar-refractivity contribution in [3.63, 3.8) is 0 Å². The van der Waals surface area contributed by atoms with Crippen molar-refractivity contribution in [1.82, 2.24) is 0 Å². The Morgan fingerprint density at radius 2 is 1.86 bits per heavy atom. The summed E-state index contributed by atoms with van der Waals surface area (Å²) in [4.78, 5) is 11.9. The number of nitrogens with one attached hydrogen (secondary N) is 1. The largest absolute Gasteiger partial charge is 0.467 e. The molecule has 3 nitrogen and oxygen atoms in total. The summed E-state index contributed by atoms with van der Waals surface area (Å²) in [5.41, 5.74) is 0.474. The molecule has 0 aliphatic heterocycles. The predicted octanol–water partition coefficient (Wildman–Crippen LogP) is 4.05. The molecule has 0 aliphatic rings. The number of methoxy groups -OCH3 is 1. The summed E-state index contributed by atoms with van der Waals surface area (Å²) >= 11 is 3.29. The molecule has 0 aliphatic carbocycles. The van der Waals surface area contributed by atoms with E-state index in [2.05, 4.69) is 26.0 Å². The van der Waals surface area contributed by atoms with E-state index in [9.17, 15) is 13.6 Å². The lowest BCUT2D eigenvalue weighted by molar-refractivity contribution is -0.141. The summed E-state index contributed by atoms with van der Waals surface area (Å²) in [6, 6.07) is 9.48. The second-order valence-electron chi connectivity index (χ2n) is 4.25. The molecule has 110 valence electrons. The third-order valence-corrected chi connectivity index (χ3v) is 3.41. The second kappa shape index (κ2) is 6.67. The molecule has 0 amide bonds. The molecule has 0 fully saturated rings. The van der Waals surface area contributed by atoms with Crippen molar-refractivity contribution in [2.24, 2.45) is 0 Å². The van der Waals surface area contributed by atoms with Gasteiger partial charge in [0, 0.05) is 15.7 Å². The molecular formula is C15H12BrF2NO2. The van der Waals surface area contributed by atoms with Gasteiger partial charge in [0.1, 0.15) is 0 Å². The number of benzene rings is 2. The maximum atomic E-state index is 13.9. The molecule has 0 aromatic heterocycles. The first-order chi connectivity index (χ1) is 10.0. The molecule has 1 unspecified atom stereocenters. The Hall–Kier alpha value is -1.95. The van der Waals surface area contributed by atoms with Gasteiger partial charge in [-0.05, 0) is 30.3 Å². The number of carbonyl (C=O) groups is 1. The third-order valence-electron chi connectivity index (χ3n) is 2.88. The lowest BCUT2D eigenvalue weighted by atomic mass is 10.1. The van der Waals surface area contributed by atoms with Crippen molar-refractivity contribution in [2.75, 3.05) is 12.4 Å².